The highest BCUT2D eigenvalue weighted by atomic mass is 16.5. The molecule has 0 bridgehead atoms. The van der Waals surface area contributed by atoms with Gasteiger partial charge in [-0.2, -0.15) is 5.10 Å². The summed E-state index contributed by atoms with van der Waals surface area (Å²) in [6, 6.07) is 7.72. The van der Waals surface area contributed by atoms with Crippen molar-refractivity contribution in [3.05, 3.63) is 36.0 Å². The van der Waals surface area contributed by atoms with E-state index < -0.39 is 0 Å². The van der Waals surface area contributed by atoms with Crippen LogP contribution in [0.5, 0.6) is 11.5 Å². The Balaban J connectivity index is 2.06. The predicted octanol–water partition coefficient (Wildman–Crippen LogP) is 2.63. The Bertz CT molecular complexity index is 549. The summed E-state index contributed by atoms with van der Waals surface area (Å²) in [5.41, 5.74) is 6.91. The Morgan fingerprint density at radius 1 is 1.32 bits per heavy atom. The first-order chi connectivity index (χ1) is 9.11. The summed E-state index contributed by atoms with van der Waals surface area (Å²) in [6.07, 6.45) is 1.75. The van der Waals surface area contributed by atoms with Gasteiger partial charge in [-0.05, 0) is 26.0 Å². The van der Waals surface area contributed by atoms with Crippen molar-refractivity contribution in [2.75, 3.05) is 12.8 Å². The van der Waals surface area contributed by atoms with Crippen LogP contribution in [0.25, 0.3) is 0 Å². The van der Waals surface area contributed by atoms with Gasteiger partial charge in [-0.3, -0.25) is 0 Å². The summed E-state index contributed by atoms with van der Waals surface area (Å²) in [5, 5.41) is 4.25. The molecular formula is C14H19N3O2. The number of nitrogens with zero attached hydrogens (tertiary/aromatic N) is 2. The van der Waals surface area contributed by atoms with Crippen molar-refractivity contribution >= 4 is 5.82 Å². The van der Waals surface area contributed by atoms with Gasteiger partial charge in [-0.1, -0.05) is 6.07 Å². The minimum atomic E-state index is 0.241. The van der Waals surface area contributed by atoms with Crippen LogP contribution in [0.15, 0.2) is 30.5 Å². The molecule has 0 fully saturated rings. The first kappa shape index (κ1) is 13.3. The Labute approximate surface area is 112 Å². The third-order valence-corrected chi connectivity index (χ3v) is 2.84. The van der Waals surface area contributed by atoms with Gasteiger partial charge in [0.15, 0.2) is 0 Å². The van der Waals surface area contributed by atoms with Gasteiger partial charge >= 0.3 is 0 Å². The molecule has 2 N–H and O–H groups in total. The van der Waals surface area contributed by atoms with Crippen molar-refractivity contribution in [1.82, 2.24) is 9.78 Å². The van der Waals surface area contributed by atoms with Crippen molar-refractivity contribution in [2.24, 2.45) is 0 Å². The van der Waals surface area contributed by atoms with Gasteiger partial charge in [-0.15, -0.1) is 0 Å². The molecule has 0 aliphatic heterocycles. The molecule has 0 amide bonds. The number of ether oxygens (including phenoxy) is 2. The van der Waals surface area contributed by atoms with Gasteiger partial charge in [0.25, 0.3) is 0 Å². The Kier molecular flexibility index (Phi) is 3.94. The van der Waals surface area contributed by atoms with Gasteiger partial charge in [0.2, 0.25) is 0 Å². The Morgan fingerprint density at radius 3 is 2.68 bits per heavy atom. The van der Waals surface area contributed by atoms with Crippen molar-refractivity contribution in [2.45, 2.75) is 26.5 Å². The number of anilines is 1. The molecule has 0 radical (unpaired) electrons. The van der Waals surface area contributed by atoms with Gasteiger partial charge < -0.3 is 15.2 Å². The number of nitrogens with two attached hydrogens (primary N) is 1. The predicted molar refractivity (Wildman–Crippen MR) is 74.4 cm³/mol. The third-order valence-electron chi connectivity index (χ3n) is 2.84. The molecule has 0 unspecified atom stereocenters. The van der Waals surface area contributed by atoms with E-state index in [0.29, 0.717) is 12.4 Å². The number of hydrogen-bond acceptors (Lipinski definition) is 4. The zero-order valence-electron chi connectivity index (χ0n) is 11.5. The fourth-order valence-electron chi connectivity index (χ4n) is 1.78. The number of nitrogen functional groups attached to an aromatic ring is 1. The molecule has 102 valence electrons. The standard InChI is InChI=1S/C14H19N3O2/c1-10(2)17-14(15)11(8-16-17)9-19-13-6-4-5-12(7-13)18-3/h4-8,10H,9,15H2,1-3H3. The maximum absolute atomic E-state index is 6.02. The molecule has 0 aliphatic rings. The Hall–Kier alpha value is -2.17. The lowest BCUT2D eigenvalue weighted by Gasteiger charge is -2.09. The lowest BCUT2D eigenvalue weighted by Crippen LogP contribution is -2.08. The topological polar surface area (TPSA) is 62.3 Å². The van der Waals surface area contributed by atoms with Crippen LogP contribution >= 0.6 is 0 Å². The lowest BCUT2D eigenvalue weighted by atomic mass is 10.3. The molecule has 19 heavy (non-hydrogen) atoms. The average Bonchev–Trinajstić information content (AvgIpc) is 2.78. The lowest BCUT2D eigenvalue weighted by molar-refractivity contribution is 0.304. The minimum absolute atomic E-state index is 0.241. The van der Waals surface area contributed by atoms with Crippen LogP contribution in [-0.2, 0) is 6.61 Å². The van der Waals surface area contributed by atoms with Crippen LogP contribution in [0, 0.1) is 0 Å². The zero-order chi connectivity index (χ0) is 13.8. The molecule has 0 saturated heterocycles. The van der Waals surface area contributed by atoms with Crippen LogP contribution in [-0.4, -0.2) is 16.9 Å². The SMILES string of the molecule is COc1cccc(OCc2cnn(C(C)C)c2N)c1. The van der Waals surface area contributed by atoms with Crippen molar-refractivity contribution < 1.29 is 9.47 Å². The monoisotopic (exact) mass is 261 g/mol. The van der Waals surface area contributed by atoms with Crippen LogP contribution in [0.4, 0.5) is 5.82 Å². The van der Waals surface area contributed by atoms with E-state index in [1.54, 1.807) is 18.0 Å². The van der Waals surface area contributed by atoms with Gasteiger partial charge in [0.05, 0.1) is 18.9 Å². The zero-order valence-corrected chi connectivity index (χ0v) is 11.5. The van der Waals surface area contributed by atoms with E-state index in [1.807, 2.05) is 38.1 Å². The quantitative estimate of drug-likeness (QED) is 0.898. The summed E-state index contributed by atoms with van der Waals surface area (Å²) in [4.78, 5) is 0. The second kappa shape index (κ2) is 5.65. The second-order valence-electron chi connectivity index (χ2n) is 4.56. The molecule has 2 rings (SSSR count). The second-order valence-corrected chi connectivity index (χ2v) is 4.56. The molecule has 5 nitrogen and oxygen atoms in total. The van der Waals surface area contributed by atoms with Gasteiger partial charge in [-0.25, -0.2) is 4.68 Å². The summed E-state index contributed by atoms with van der Waals surface area (Å²) < 4.78 is 12.6. The fraction of sp³-hybridized carbons (Fsp3) is 0.357. The summed E-state index contributed by atoms with van der Waals surface area (Å²) in [6.45, 7) is 4.47. The molecule has 0 aliphatic carbocycles. The van der Waals surface area contributed by atoms with Gasteiger partial charge in [0, 0.05) is 12.1 Å². The molecule has 1 aromatic heterocycles. The molecule has 0 saturated carbocycles. The van der Waals surface area contributed by atoms with E-state index in [1.165, 1.54) is 0 Å². The van der Waals surface area contributed by atoms with Crippen molar-refractivity contribution in [3.63, 3.8) is 0 Å². The van der Waals surface area contributed by atoms with E-state index in [9.17, 15) is 0 Å². The average molecular weight is 261 g/mol. The molecular weight excluding hydrogens is 242 g/mol. The highest BCUT2D eigenvalue weighted by Gasteiger charge is 2.10. The molecule has 2 aromatic rings. The van der Waals surface area contributed by atoms with Crippen LogP contribution in [0.2, 0.25) is 0 Å². The normalized spacial score (nSPS) is 10.7. The van der Waals surface area contributed by atoms with E-state index >= 15 is 0 Å². The number of rotatable bonds is 5. The number of benzene rings is 1. The van der Waals surface area contributed by atoms with E-state index in [4.69, 9.17) is 15.2 Å². The highest BCUT2D eigenvalue weighted by molar-refractivity contribution is 5.39. The molecule has 5 heteroatoms. The van der Waals surface area contributed by atoms with E-state index in [-0.39, 0.29) is 6.04 Å². The fourth-order valence-corrected chi connectivity index (χ4v) is 1.78. The number of hydrogen-bond donors (Lipinski definition) is 1. The Morgan fingerprint density at radius 2 is 2.05 bits per heavy atom. The molecule has 0 spiro atoms. The van der Waals surface area contributed by atoms with Crippen LogP contribution in [0.1, 0.15) is 25.5 Å². The van der Waals surface area contributed by atoms with Crippen LogP contribution < -0.4 is 15.2 Å². The van der Waals surface area contributed by atoms with Crippen molar-refractivity contribution in [1.29, 1.82) is 0 Å². The molecule has 1 heterocycles. The van der Waals surface area contributed by atoms with E-state index in [2.05, 4.69) is 5.10 Å². The first-order valence-electron chi connectivity index (χ1n) is 6.20. The van der Waals surface area contributed by atoms with Crippen molar-refractivity contribution in [3.8, 4) is 11.5 Å². The van der Waals surface area contributed by atoms with Gasteiger partial charge in [0.1, 0.15) is 23.9 Å². The number of aromatic nitrogens is 2. The van der Waals surface area contributed by atoms with Crippen LogP contribution in [0.3, 0.4) is 0 Å². The summed E-state index contributed by atoms with van der Waals surface area (Å²) >= 11 is 0. The van der Waals surface area contributed by atoms with E-state index in [0.717, 1.165) is 17.1 Å². The largest absolute Gasteiger partial charge is 0.497 e. The minimum Gasteiger partial charge on any atom is -0.497 e. The first-order valence-corrected chi connectivity index (χ1v) is 6.20. The maximum Gasteiger partial charge on any atom is 0.128 e. The maximum atomic E-state index is 6.02. The highest BCUT2D eigenvalue weighted by Crippen LogP contribution is 2.22. The molecule has 1 aromatic carbocycles. The summed E-state index contributed by atoms with van der Waals surface area (Å²) in [7, 11) is 1.63. The third kappa shape index (κ3) is 2.99. The molecule has 0 atom stereocenters. The summed E-state index contributed by atoms with van der Waals surface area (Å²) in [5.74, 6) is 2.16. The number of methoxy groups -OCH3 is 1. The smallest absolute Gasteiger partial charge is 0.128 e.